The predicted molar refractivity (Wildman–Crippen MR) is 117 cm³/mol. The molecule has 0 aliphatic rings. The lowest BCUT2D eigenvalue weighted by Gasteiger charge is -2.24. The van der Waals surface area contributed by atoms with E-state index in [1.54, 1.807) is 18.2 Å². The lowest BCUT2D eigenvalue weighted by atomic mass is 10.2. The van der Waals surface area contributed by atoms with E-state index in [-0.39, 0.29) is 10.6 Å². The Morgan fingerprint density at radius 1 is 1.09 bits per heavy atom. The Kier molecular flexibility index (Phi) is 7.34. The van der Waals surface area contributed by atoms with Gasteiger partial charge >= 0.3 is 6.18 Å². The smallest absolute Gasteiger partial charge is 0.271 e. The van der Waals surface area contributed by atoms with Crippen LogP contribution in [0.15, 0.2) is 83.1 Å². The Hall–Kier alpha value is -3.44. The van der Waals surface area contributed by atoms with Crippen LogP contribution in [-0.2, 0) is 21.0 Å². The molecule has 172 valence electrons. The number of amides is 1. The molecule has 3 rings (SSSR count). The monoisotopic (exact) mass is 496 g/mol. The van der Waals surface area contributed by atoms with Gasteiger partial charge in [-0.15, -0.1) is 0 Å². The molecule has 0 fully saturated rings. The predicted octanol–water partition coefficient (Wildman–Crippen LogP) is 4.10. The van der Waals surface area contributed by atoms with Crippen molar-refractivity contribution in [2.75, 3.05) is 10.8 Å². The molecule has 12 heteroatoms. The number of rotatable bonds is 7. The van der Waals surface area contributed by atoms with E-state index in [1.807, 2.05) is 0 Å². The second kappa shape index (κ2) is 10.0. The van der Waals surface area contributed by atoms with Crippen LogP contribution >= 0.6 is 11.6 Å². The first-order valence-corrected chi connectivity index (χ1v) is 11.1. The molecule has 0 atom stereocenters. The molecular weight excluding hydrogens is 481 g/mol. The van der Waals surface area contributed by atoms with Crippen molar-refractivity contribution in [3.63, 3.8) is 0 Å². The molecule has 0 aliphatic carbocycles. The number of hydrazone groups is 1. The van der Waals surface area contributed by atoms with Crippen molar-refractivity contribution in [3.8, 4) is 0 Å². The molecule has 1 aromatic heterocycles. The minimum absolute atomic E-state index is 0.207. The summed E-state index contributed by atoms with van der Waals surface area (Å²) in [7, 11) is -4.40. The maximum absolute atomic E-state index is 13.3. The van der Waals surface area contributed by atoms with Gasteiger partial charge in [0.15, 0.2) is 0 Å². The SMILES string of the molecule is O=C(CN(c1ccc(Cl)c(C(F)(F)F)c1)S(=O)(=O)c1ccccc1)N/N=C/c1ccncc1. The highest BCUT2D eigenvalue weighted by atomic mass is 35.5. The largest absolute Gasteiger partial charge is 0.417 e. The third kappa shape index (κ3) is 6.08. The molecule has 3 aromatic rings. The summed E-state index contributed by atoms with van der Waals surface area (Å²) in [6.07, 6.45) is -0.502. The molecule has 0 bridgehead atoms. The summed E-state index contributed by atoms with van der Waals surface area (Å²) in [5.41, 5.74) is 1.17. The number of pyridine rings is 1. The van der Waals surface area contributed by atoms with Crippen LogP contribution < -0.4 is 9.73 Å². The van der Waals surface area contributed by atoms with Crippen molar-refractivity contribution >= 4 is 39.4 Å². The van der Waals surface area contributed by atoms with E-state index in [4.69, 9.17) is 11.6 Å². The number of anilines is 1. The summed E-state index contributed by atoms with van der Waals surface area (Å²) in [6, 6.07) is 12.8. The number of hydrogen-bond donors (Lipinski definition) is 1. The normalized spacial score (nSPS) is 12.0. The van der Waals surface area contributed by atoms with Gasteiger partial charge in [0, 0.05) is 12.4 Å². The van der Waals surface area contributed by atoms with Crippen molar-refractivity contribution in [2.24, 2.45) is 5.10 Å². The van der Waals surface area contributed by atoms with Crippen LogP contribution in [0.5, 0.6) is 0 Å². The highest BCUT2D eigenvalue weighted by molar-refractivity contribution is 7.92. The molecular formula is C21H16ClF3N4O3S. The number of hydrogen-bond acceptors (Lipinski definition) is 5. The van der Waals surface area contributed by atoms with Gasteiger partial charge in [0.1, 0.15) is 6.54 Å². The van der Waals surface area contributed by atoms with E-state index >= 15 is 0 Å². The minimum atomic E-state index is -4.83. The van der Waals surface area contributed by atoms with Gasteiger partial charge in [0.25, 0.3) is 15.9 Å². The van der Waals surface area contributed by atoms with Gasteiger partial charge in [-0.25, -0.2) is 13.8 Å². The summed E-state index contributed by atoms with van der Waals surface area (Å²) in [4.78, 5) is 16.1. The van der Waals surface area contributed by atoms with Crippen LogP contribution in [0.4, 0.5) is 18.9 Å². The van der Waals surface area contributed by atoms with E-state index in [0.29, 0.717) is 15.9 Å². The Labute approximate surface area is 192 Å². The molecule has 1 heterocycles. The zero-order valence-corrected chi connectivity index (χ0v) is 18.3. The number of nitrogens with one attached hydrogen (secondary N) is 1. The van der Waals surface area contributed by atoms with E-state index in [9.17, 15) is 26.4 Å². The van der Waals surface area contributed by atoms with Crippen molar-refractivity contribution < 1.29 is 26.4 Å². The average Bonchev–Trinajstić information content (AvgIpc) is 2.78. The van der Waals surface area contributed by atoms with Gasteiger partial charge in [-0.1, -0.05) is 29.8 Å². The van der Waals surface area contributed by atoms with E-state index in [0.717, 1.165) is 12.1 Å². The van der Waals surface area contributed by atoms with Gasteiger partial charge in [0.05, 0.1) is 27.4 Å². The van der Waals surface area contributed by atoms with Crippen molar-refractivity contribution in [1.82, 2.24) is 10.4 Å². The van der Waals surface area contributed by atoms with Crippen LogP contribution in [0.3, 0.4) is 0 Å². The second-order valence-corrected chi connectivity index (χ2v) is 8.83. The minimum Gasteiger partial charge on any atom is -0.271 e. The number of halogens is 4. The molecule has 1 N–H and O–H groups in total. The highest BCUT2D eigenvalue weighted by Crippen LogP contribution is 2.37. The van der Waals surface area contributed by atoms with Crippen LogP contribution in [-0.4, -0.2) is 32.1 Å². The lowest BCUT2D eigenvalue weighted by Crippen LogP contribution is -2.39. The van der Waals surface area contributed by atoms with Crippen LogP contribution in [0, 0.1) is 0 Å². The van der Waals surface area contributed by atoms with Crippen molar-refractivity contribution in [3.05, 3.63) is 89.2 Å². The molecule has 0 aliphatic heterocycles. The number of alkyl halides is 3. The van der Waals surface area contributed by atoms with Gasteiger partial charge in [-0.3, -0.25) is 14.1 Å². The van der Waals surface area contributed by atoms with Gasteiger partial charge in [-0.2, -0.15) is 18.3 Å². The molecule has 1 amide bonds. The second-order valence-electron chi connectivity index (χ2n) is 6.56. The summed E-state index contributed by atoms with van der Waals surface area (Å²) >= 11 is 5.66. The van der Waals surface area contributed by atoms with Crippen LogP contribution in [0.2, 0.25) is 5.02 Å². The maximum atomic E-state index is 13.3. The molecule has 7 nitrogen and oxygen atoms in total. The third-order valence-electron chi connectivity index (χ3n) is 4.27. The first-order valence-electron chi connectivity index (χ1n) is 9.25. The molecule has 0 saturated carbocycles. The van der Waals surface area contributed by atoms with E-state index in [2.05, 4.69) is 15.5 Å². The quantitative estimate of drug-likeness (QED) is 0.394. The van der Waals surface area contributed by atoms with Crippen LogP contribution in [0.25, 0.3) is 0 Å². The van der Waals surface area contributed by atoms with Gasteiger partial charge in [-0.05, 0) is 48.0 Å². The fourth-order valence-electron chi connectivity index (χ4n) is 2.71. The summed E-state index contributed by atoms with van der Waals surface area (Å²) in [5.74, 6) is -0.872. The van der Waals surface area contributed by atoms with Gasteiger partial charge < -0.3 is 0 Å². The summed E-state index contributed by atoms with van der Waals surface area (Å²) in [6.45, 7) is -0.830. The zero-order valence-electron chi connectivity index (χ0n) is 16.7. The Morgan fingerprint density at radius 3 is 2.39 bits per heavy atom. The van der Waals surface area contributed by atoms with Crippen molar-refractivity contribution in [1.29, 1.82) is 0 Å². The number of carbonyl (C=O) groups is 1. The number of benzene rings is 2. The Morgan fingerprint density at radius 2 is 1.76 bits per heavy atom. The Balaban J connectivity index is 1.95. The highest BCUT2D eigenvalue weighted by Gasteiger charge is 2.35. The number of aromatic nitrogens is 1. The van der Waals surface area contributed by atoms with E-state index < -0.39 is 39.2 Å². The third-order valence-corrected chi connectivity index (χ3v) is 6.39. The molecule has 33 heavy (non-hydrogen) atoms. The molecule has 0 radical (unpaired) electrons. The average molecular weight is 497 g/mol. The topological polar surface area (TPSA) is 91.7 Å². The Bertz CT molecular complexity index is 1250. The fraction of sp³-hybridized carbons (Fsp3) is 0.0952. The number of carbonyl (C=O) groups excluding carboxylic acids is 1. The summed E-state index contributed by atoms with van der Waals surface area (Å²) in [5, 5.41) is 3.14. The number of nitrogens with zero attached hydrogens (tertiary/aromatic N) is 3. The number of sulfonamides is 1. The maximum Gasteiger partial charge on any atom is 0.417 e. The molecule has 2 aromatic carbocycles. The van der Waals surface area contributed by atoms with Crippen molar-refractivity contribution in [2.45, 2.75) is 11.1 Å². The zero-order chi connectivity index (χ0) is 24.1. The lowest BCUT2D eigenvalue weighted by molar-refractivity contribution is -0.137. The van der Waals surface area contributed by atoms with Crippen LogP contribution in [0.1, 0.15) is 11.1 Å². The van der Waals surface area contributed by atoms with Gasteiger partial charge in [0.2, 0.25) is 0 Å². The fourth-order valence-corrected chi connectivity index (χ4v) is 4.37. The standard InChI is InChI=1S/C21H16ClF3N4O3S/c22-19-7-6-16(12-18(19)21(23,24)25)29(33(31,32)17-4-2-1-3-5-17)14-20(30)28-27-13-15-8-10-26-11-9-15/h1-13H,14H2,(H,28,30)/b27-13+. The molecule has 0 unspecified atom stereocenters. The summed E-state index contributed by atoms with van der Waals surface area (Å²) < 4.78 is 67.0. The molecule has 0 spiro atoms. The first-order chi connectivity index (χ1) is 15.6. The molecule has 0 saturated heterocycles. The van der Waals surface area contributed by atoms with E-state index in [1.165, 1.54) is 42.9 Å². The first kappa shape index (κ1) is 24.2.